The number of aryl methyl sites for hydroxylation is 1. The Balaban J connectivity index is 1.56. The summed E-state index contributed by atoms with van der Waals surface area (Å²) in [5.74, 6) is 0.139. The molecule has 0 saturated carbocycles. The number of aromatic nitrogens is 4. The first-order valence-corrected chi connectivity index (χ1v) is 9.15. The Morgan fingerprint density at radius 1 is 1.14 bits per heavy atom. The average molecular weight is 378 g/mol. The monoisotopic (exact) mass is 378 g/mol. The number of nitrogens with zero attached hydrogens (tertiary/aromatic N) is 3. The van der Waals surface area contributed by atoms with Crippen molar-refractivity contribution in [1.82, 2.24) is 25.3 Å². The first-order valence-electron chi connectivity index (χ1n) is 9.15. The van der Waals surface area contributed by atoms with Gasteiger partial charge in [0.1, 0.15) is 0 Å². The Hall–Kier alpha value is -3.55. The molecule has 0 aliphatic rings. The van der Waals surface area contributed by atoms with E-state index in [-0.39, 0.29) is 11.5 Å². The number of carbonyl (C=O) groups excluding carboxylic acids is 1. The molecular formula is C20H22N6O2. The number of urea groups is 1. The summed E-state index contributed by atoms with van der Waals surface area (Å²) < 4.78 is 0. The van der Waals surface area contributed by atoms with Crippen LogP contribution in [0.25, 0.3) is 11.4 Å². The molecule has 0 aliphatic heterocycles. The second kappa shape index (κ2) is 9.40. The molecule has 3 aromatic heterocycles. The number of anilines is 1. The summed E-state index contributed by atoms with van der Waals surface area (Å²) >= 11 is 0. The van der Waals surface area contributed by atoms with Crippen molar-refractivity contribution in [3.63, 3.8) is 0 Å². The third kappa shape index (κ3) is 5.47. The molecular weight excluding hydrogens is 356 g/mol. The average Bonchev–Trinajstić information content (AvgIpc) is 2.71. The van der Waals surface area contributed by atoms with Crippen LogP contribution < -0.4 is 16.2 Å². The number of pyridine rings is 2. The molecule has 0 aliphatic carbocycles. The van der Waals surface area contributed by atoms with Crippen LogP contribution in [0, 0.1) is 0 Å². The topological polar surface area (TPSA) is 113 Å². The fourth-order valence-electron chi connectivity index (χ4n) is 2.58. The van der Waals surface area contributed by atoms with Crippen LogP contribution in [0.2, 0.25) is 0 Å². The molecule has 3 N–H and O–H groups in total. The van der Waals surface area contributed by atoms with E-state index < -0.39 is 6.03 Å². The Labute approximate surface area is 162 Å². The van der Waals surface area contributed by atoms with E-state index >= 15 is 0 Å². The number of carbonyl (C=O) groups is 1. The largest absolute Gasteiger partial charge is 0.334 e. The lowest BCUT2D eigenvalue weighted by molar-refractivity contribution is 0.251. The molecule has 3 aromatic rings. The lowest BCUT2D eigenvalue weighted by Gasteiger charge is -2.08. The minimum absolute atomic E-state index is 0.139. The number of unbranched alkanes of at least 4 members (excludes halogenated alkanes) is 1. The van der Waals surface area contributed by atoms with Crippen molar-refractivity contribution in [2.24, 2.45) is 0 Å². The van der Waals surface area contributed by atoms with Crippen molar-refractivity contribution >= 4 is 12.0 Å². The van der Waals surface area contributed by atoms with Crippen LogP contribution in [0.15, 0.2) is 53.6 Å². The third-order valence-corrected chi connectivity index (χ3v) is 4.02. The van der Waals surface area contributed by atoms with Crippen molar-refractivity contribution in [1.29, 1.82) is 0 Å². The van der Waals surface area contributed by atoms with Crippen LogP contribution in [0.4, 0.5) is 10.7 Å². The van der Waals surface area contributed by atoms with Crippen molar-refractivity contribution in [3.8, 4) is 11.4 Å². The predicted molar refractivity (Wildman–Crippen MR) is 107 cm³/mol. The van der Waals surface area contributed by atoms with Gasteiger partial charge >= 0.3 is 6.03 Å². The lowest BCUT2D eigenvalue weighted by Crippen LogP contribution is -2.30. The second-order valence-electron chi connectivity index (χ2n) is 6.26. The minimum Gasteiger partial charge on any atom is -0.334 e. The molecule has 28 heavy (non-hydrogen) atoms. The normalized spacial score (nSPS) is 10.5. The highest BCUT2D eigenvalue weighted by Crippen LogP contribution is 2.13. The molecule has 0 radical (unpaired) electrons. The molecule has 8 heteroatoms. The minimum atomic E-state index is -0.454. The molecule has 0 atom stereocenters. The highest BCUT2D eigenvalue weighted by Gasteiger charge is 2.07. The van der Waals surface area contributed by atoms with E-state index in [1.165, 1.54) is 6.07 Å². The Bertz CT molecular complexity index is 970. The van der Waals surface area contributed by atoms with E-state index in [1.807, 2.05) is 30.3 Å². The van der Waals surface area contributed by atoms with Crippen molar-refractivity contribution < 1.29 is 4.79 Å². The summed E-state index contributed by atoms with van der Waals surface area (Å²) in [4.78, 5) is 39.2. The summed E-state index contributed by atoms with van der Waals surface area (Å²) in [6.07, 6.45) is 6.04. The number of aromatic amines is 1. The Morgan fingerprint density at radius 2 is 2.00 bits per heavy atom. The van der Waals surface area contributed by atoms with Gasteiger partial charge in [0.25, 0.3) is 5.56 Å². The van der Waals surface area contributed by atoms with Gasteiger partial charge < -0.3 is 5.32 Å². The van der Waals surface area contributed by atoms with E-state index in [1.54, 1.807) is 12.4 Å². The summed E-state index contributed by atoms with van der Waals surface area (Å²) in [7, 11) is 0. The Kier molecular flexibility index (Phi) is 6.46. The molecule has 3 heterocycles. The van der Waals surface area contributed by atoms with Crippen molar-refractivity contribution in [3.05, 3.63) is 70.4 Å². The second-order valence-corrected chi connectivity index (χ2v) is 6.26. The molecule has 0 unspecified atom stereocenters. The van der Waals surface area contributed by atoms with E-state index in [0.717, 1.165) is 29.8 Å². The quantitative estimate of drug-likeness (QED) is 0.585. The molecule has 0 fully saturated rings. The highest BCUT2D eigenvalue weighted by atomic mass is 16.2. The van der Waals surface area contributed by atoms with Crippen LogP contribution in [-0.2, 0) is 13.0 Å². The summed E-state index contributed by atoms with van der Waals surface area (Å²) in [6.45, 7) is 2.36. The highest BCUT2D eigenvalue weighted by molar-refractivity contribution is 5.87. The predicted octanol–water partition coefficient (Wildman–Crippen LogP) is 2.89. The summed E-state index contributed by atoms with van der Waals surface area (Å²) in [6, 6.07) is 10.4. The van der Waals surface area contributed by atoms with E-state index in [0.29, 0.717) is 18.7 Å². The van der Waals surface area contributed by atoms with Crippen molar-refractivity contribution in [2.45, 2.75) is 32.7 Å². The van der Waals surface area contributed by atoms with Gasteiger partial charge in [0.05, 0.1) is 11.4 Å². The first-order chi connectivity index (χ1) is 13.6. The maximum absolute atomic E-state index is 12.1. The SMILES string of the molecule is CCCCc1cc(=O)[nH]c(NC(=O)NCc2ccc(-c3ccccn3)nc2)n1. The molecule has 0 saturated heterocycles. The smallest absolute Gasteiger partial charge is 0.321 e. The van der Waals surface area contributed by atoms with Gasteiger partial charge in [-0.3, -0.25) is 25.1 Å². The van der Waals surface area contributed by atoms with Gasteiger partial charge in [-0.15, -0.1) is 0 Å². The zero-order valence-electron chi connectivity index (χ0n) is 15.6. The lowest BCUT2D eigenvalue weighted by atomic mass is 10.2. The maximum Gasteiger partial charge on any atom is 0.321 e. The molecule has 144 valence electrons. The molecule has 0 bridgehead atoms. The fraction of sp³-hybridized carbons (Fsp3) is 0.250. The Morgan fingerprint density at radius 3 is 2.71 bits per heavy atom. The van der Waals surface area contributed by atoms with Crippen molar-refractivity contribution in [2.75, 3.05) is 5.32 Å². The molecule has 2 amide bonds. The van der Waals surface area contributed by atoms with Gasteiger partial charge in [-0.25, -0.2) is 9.78 Å². The van der Waals surface area contributed by atoms with Crippen LogP contribution >= 0.6 is 0 Å². The summed E-state index contributed by atoms with van der Waals surface area (Å²) in [5, 5.41) is 5.28. The summed E-state index contributed by atoms with van der Waals surface area (Å²) in [5.41, 5.74) is 2.77. The van der Waals surface area contributed by atoms with E-state index in [9.17, 15) is 9.59 Å². The zero-order chi connectivity index (χ0) is 19.8. The van der Waals surface area contributed by atoms with Gasteiger partial charge in [0.15, 0.2) is 0 Å². The molecule has 3 rings (SSSR count). The van der Waals surface area contributed by atoms with Crippen LogP contribution in [0.1, 0.15) is 31.0 Å². The number of hydrogen-bond donors (Lipinski definition) is 3. The van der Waals surface area contributed by atoms with Crippen LogP contribution in [-0.4, -0.2) is 26.0 Å². The molecule has 0 spiro atoms. The fourth-order valence-corrected chi connectivity index (χ4v) is 2.58. The standard InChI is InChI=1S/C20H22N6O2/c1-2-3-6-15-11-18(27)25-19(24-15)26-20(28)23-13-14-8-9-17(22-12-14)16-7-4-5-10-21-16/h4-5,7-12H,2-3,6,13H2,1H3,(H3,23,24,25,26,27,28). The van der Waals surface area contributed by atoms with Gasteiger partial charge in [-0.2, -0.15) is 0 Å². The molecule has 8 nitrogen and oxygen atoms in total. The number of amides is 2. The first kappa shape index (κ1) is 19.2. The number of H-pyrrole nitrogens is 1. The maximum atomic E-state index is 12.1. The van der Waals surface area contributed by atoms with Gasteiger partial charge in [0.2, 0.25) is 5.95 Å². The van der Waals surface area contributed by atoms with Gasteiger partial charge in [0, 0.05) is 30.7 Å². The number of nitrogens with one attached hydrogen (secondary N) is 3. The number of rotatable bonds is 7. The third-order valence-electron chi connectivity index (χ3n) is 4.02. The van der Waals surface area contributed by atoms with Gasteiger partial charge in [-0.05, 0) is 36.6 Å². The molecule has 0 aromatic carbocycles. The van der Waals surface area contributed by atoms with E-state index in [2.05, 4.69) is 37.5 Å². The van der Waals surface area contributed by atoms with Crippen LogP contribution in [0.3, 0.4) is 0 Å². The number of hydrogen-bond acceptors (Lipinski definition) is 5. The van der Waals surface area contributed by atoms with Crippen LogP contribution in [0.5, 0.6) is 0 Å². The van der Waals surface area contributed by atoms with E-state index in [4.69, 9.17) is 0 Å². The zero-order valence-corrected chi connectivity index (χ0v) is 15.6. The van der Waals surface area contributed by atoms with Gasteiger partial charge in [-0.1, -0.05) is 25.5 Å².